The van der Waals surface area contributed by atoms with Crippen molar-refractivity contribution in [1.29, 1.82) is 0 Å². The molecule has 0 saturated heterocycles. The minimum Gasteiger partial charge on any atom is -0.497 e. The van der Waals surface area contributed by atoms with Gasteiger partial charge in [-0.2, -0.15) is 0 Å². The van der Waals surface area contributed by atoms with Crippen molar-refractivity contribution in [2.45, 2.75) is 25.6 Å². The quantitative estimate of drug-likeness (QED) is 0.323. The molecular weight excluding hydrogens is 520 g/mol. The smallest absolute Gasteiger partial charge is 0.323 e. The number of ether oxygens (including phenoxy) is 2. The zero-order valence-electron chi connectivity index (χ0n) is 21.5. The minimum atomic E-state index is -0.338. The monoisotopic (exact) mass is 548 g/mol. The van der Waals surface area contributed by atoms with E-state index >= 15 is 0 Å². The lowest BCUT2D eigenvalue weighted by atomic mass is 10.0. The van der Waals surface area contributed by atoms with Crippen LogP contribution in [0.4, 0.5) is 10.5 Å². The number of likely N-dealkylation sites (N-methyl/N-ethyl adjacent to an activating group) is 1. The van der Waals surface area contributed by atoms with Crippen molar-refractivity contribution in [1.82, 2.24) is 14.4 Å². The van der Waals surface area contributed by atoms with Crippen molar-refractivity contribution in [3.8, 4) is 16.5 Å². The molecule has 0 aliphatic carbocycles. The second kappa shape index (κ2) is 10.0. The molecule has 2 aromatic heterocycles. The van der Waals surface area contributed by atoms with Crippen LogP contribution in [0.2, 0.25) is 5.02 Å². The Bertz CT molecular complexity index is 1510. The molecule has 38 heavy (non-hydrogen) atoms. The number of hydrogen-bond acceptors (Lipinski definition) is 5. The van der Waals surface area contributed by atoms with Gasteiger partial charge in [-0.05, 0) is 61.0 Å². The number of thiophene rings is 1. The molecule has 2 aliphatic heterocycles. The lowest BCUT2D eigenvalue weighted by Gasteiger charge is -2.32. The molecule has 0 fully saturated rings. The Hall–Kier alpha value is -3.46. The molecular formula is C29H29ClN4O3S. The van der Waals surface area contributed by atoms with Crippen molar-refractivity contribution in [3.05, 3.63) is 93.1 Å². The molecule has 4 aromatic rings. The number of amides is 2. The van der Waals surface area contributed by atoms with Gasteiger partial charge in [-0.3, -0.25) is 0 Å². The fraction of sp³-hybridized carbons (Fsp3) is 0.276. The molecule has 2 aromatic carbocycles. The number of anilines is 1. The van der Waals surface area contributed by atoms with Gasteiger partial charge in [0.15, 0.2) is 0 Å². The number of nitrogens with zero attached hydrogens (tertiary/aromatic N) is 3. The van der Waals surface area contributed by atoms with Crippen LogP contribution in [0.1, 0.15) is 33.3 Å². The Labute approximate surface area is 231 Å². The van der Waals surface area contributed by atoms with Gasteiger partial charge in [0, 0.05) is 40.8 Å². The van der Waals surface area contributed by atoms with Crippen LogP contribution in [0.3, 0.4) is 0 Å². The molecule has 7 nitrogen and oxygen atoms in total. The van der Waals surface area contributed by atoms with Gasteiger partial charge in [0.05, 0.1) is 38.2 Å². The largest absolute Gasteiger partial charge is 0.497 e. The predicted octanol–water partition coefficient (Wildman–Crippen LogP) is 6.33. The van der Waals surface area contributed by atoms with E-state index in [1.807, 2.05) is 46.6 Å². The van der Waals surface area contributed by atoms with E-state index in [1.165, 1.54) is 21.0 Å². The normalized spacial score (nSPS) is 16.7. The van der Waals surface area contributed by atoms with Crippen LogP contribution < -0.4 is 14.8 Å². The lowest BCUT2D eigenvalue weighted by Crippen LogP contribution is -2.38. The van der Waals surface area contributed by atoms with Crippen molar-refractivity contribution in [3.63, 3.8) is 0 Å². The number of carbonyl (C=O) groups is 1. The summed E-state index contributed by atoms with van der Waals surface area (Å²) in [5, 5.41) is 4.94. The highest BCUT2D eigenvalue weighted by molar-refractivity contribution is 7.15. The molecule has 1 atom stereocenters. The molecule has 6 rings (SSSR count). The summed E-state index contributed by atoms with van der Waals surface area (Å²) in [4.78, 5) is 19.8. The van der Waals surface area contributed by atoms with Gasteiger partial charge in [0.25, 0.3) is 0 Å². The number of carbonyl (C=O) groups excluding carboxylic acids is 1. The first kappa shape index (κ1) is 24.9. The fourth-order valence-corrected chi connectivity index (χ4v) is 7.11. The molecule has 0 saturated carbocycles. The fourth-order valence-electron chi connectivity index (χ4n) is 5.47. The number of hydrogen-bond donors (Lipinski definition) is 1. The second-order valence-electron chi connectivity index (χ2n) is 9.66. The second-order valence-corrected chi connectivity index (χ2v) is 11.2. The number of benzene rings is 2. The maximum Gasteiger partial charge on any atom is 0.323 e. The summed E-state index contributed by atoms with van der Waals surface area (Å²) in [6, 6.07) is 16.7. The molecule has 2 amide bonds. The lowest BCUT2D eigenvalue weighted by molar-refractivity contribution is 0.194. The zero-order valence-corrected chi connectivity index (χ0v) is 23.1. The highest BCUT2D eigenvalue weighted by Crippen LogP contribution is 2.44. The minimum absolute atomic E-state index is 0.216. The van der Waals surface area contributed by atoms with Crippen LogP contribution in [-0.4, -0.2) is 48.2 Å². The van der Waals surface area contributed by atoms with Crippen molar-refractivity contribution in [2.24, 2.45) is 0 Å². The van der Waals surface area contributed by atoms with Crippen LogP contribution in [0.25, 0.3) is 5.00 Å². The number of fused-ring (bicyclic) bond motifs is 5. The number of urea groups is 1. The van der Waals surface area contributed by atoms with Crippen LogP contribution in [0, 0.1) is 0 Å². The summed E-state index contributed by atoms with van der Waals surface area (Å²) in [5.41, 5.74) is 5.15. The SMILES string of the molecule is COc1ccc(NC(=O)N2Cc3c(sc4c3CCN(C)C4)-n3cccc3[C@@H]2c2cccc(Cl)c2)c(OC)c1. The van der Waals surface area contributed by atoms with Gasteiger partial charge in [-0.1, -0.05) is 23.7 Å². The van der Waals surface area contributed by atoms with E-state index in [9.17, 15) is 4.79 Å². The Morgan fingerprint density at radius 2 is 1.92 bits per heavy atom. The van der Waals surface area contributed by atoms with E-state index in [1.54, 1.807) is 26.4 Å². The van der Waals surface area contributed by atoms with Gasteiger partial charge in [0.2, 0.25) is 0 Å². The van der Waals surface area contributed by atoms with Gasteiger partial charge < -0.3 is 29.2 Å². The van der Waals surface area contributed by atoms with Crippen LogP contribution in [0.15, 0.2) is 60.8 Å². The maximum absolute atomic E-state index is 14.2. The average molecular weight is 549 g/mol. The number of rotatable bonds is 4. The van der Waals surface area contributed by atoms with Crippen molar-refractivity contribution < 1.29 is 14.3 Å². The molecule has 1 N–H and O–H groups in total. The number of nitrogens with one attached hydrogen (secondary N) is 1. The van der Waals surface area contributed by atoms with E-state index in [4.69, 9.17) is 21.1 Å². The molecule has 0 spiro atoms. The Morgan fingerprint density at radius 1 is 1.05 bits per heavy atom. The first-order valence-corrected chi connectivity index (χ1v) is 13.7. The maximum atomic E-state index is 14.2. The standard InChI is InChI=1S/C29H29ClN4O3S/c1-32-13-11-21-22-16-34(29(35)31-23-10-9-20(36-2)15-25(23)37-3)27(18-6-4-7-19(30)14-18)24-8-5-12-33(24)28(22)38-26(21)17-32/h4-10,12,14-15,27H,11,13,16-17H2,1-3H3,(H,31,35)/t27-/m0/s1. The third kappa shape index (κ3) is 4.32. The highest BCUT2D eigenvalue weighted by Gasteiger charge is 2.36. The van der Waals surface area contributed by atoms with E-state index < -0.39 is 0 Å². The summed E-state index contributed by atoms with van der Waals surface area (Å²) in [7, 11) is 5.34. The van der Waals surface area contributed by atoms with Crippen LogP contribution in [0.5, 0.6) is 11.5 Å². The summed E-state index contributed by atoms with van der Waals surface area (Å²) in [6.45, 7) is 2.41. The zero-order chi connectivity index (χ0) is 26.4. The van der Waals surface area contributed by atoms with Crippen molar-refractivity contribution in [2.75, 3.05) is 33.1 Å². The molecule has 0 unspecified atom stereocenters. The molecule has 4 heterocycles. The predicted molar refractivity (Wildman–Crippen MR) is 151 cm³/mol. The summed E-state index contributed by atoms with van der Waals surface area (Å²) in [6.07, 6.45) is 3.07. The molecule has 196 valence electrons. The van der Waals surface area contributed by atoms with Gasteiger partial charge in [-0.15, -0.1) is 11.3 Å². The van der Waals surface area contributed by atoms with Crippen LogP contribution in [-0.2, 0) is 19.5 Å². The summed E-state index contributed by atoms with van der Waals surface area (Å²) < 4.78 is 13.2. The Balaban J connectivity index is 1.48. The first-order chi connectivity index (χ1) is 18.5. The number of aromatic nitrogens is 1. The van der Waals surface area contributed by atoms with E-state index in [0.717, 1.165) is 30.8 Å². The number of methoxy groups -OCH3 is 2. The van der Waals surface area contributed by atoms with E-state index in [2.05, 4.69) is 40.2 Å². The molecule has 2 aliphatic rings. The topological polar surface area (TPSA) is 59.0 Å². The van der Waals surface area contributed by atoms with Gasteiger partial charge >= 0.3 is 6.03 Å². The molecule has 0 bridgehead atoms. The molecule has 0 radical (unpaired) electrons. The average Bonchev–Trinajstić information content (AvgIpc) is 3.50. The first-order valence-electron chi connectivity index (χ1n) is 12.5. The van der Waals surface area contributed by atoms with Gasteiger partial charge in [-0.25, -0.2) is 4.79 Å². The summed E-state index contributed by atoms with van der Waals surface area (Å²) in [5.74, 6) is 1.19. The summed E-state index contributed by atoms with van der Waals surface area (Å²) >= 11 is 8.28. The third-order valence-electron chi connectivity index (χ3n) is 7.33. The number of halogens is 1. The highest BCUT2D eigenvalue weighted by atomic mass is 35.5. The Morgan fingerprint density at radius 3 is 2.71 bits per heavy atom. The van der Waals surface area contributed by atoms with Crippen LogP contribution >= 0.6 is 22.9 Å². The van der Waals surface area contributed by atoms with E-state index in [-0.39, 0.29) is 12.1 Å². The van der Waals surface area contributed by atoms with Crippen molar-refractivity contribution >= 4 is 34.7 Å². The molecule has 9 heteroatoms. The van der Waals surface area contributed by atoms with E-state index in [0.29, 0.717) is 28.8 Å². The van der Waals surface area contributed by atoms with Gasteiger partial charge in [0.1, 0.15) is 16.5 Å². The Kier molecular flexibility index (Phi) is 6.55. The third-order valence-corrected chi connectivity index (χ3v) is 8.82.